The van der Waals surface area contributed by atoms with E-state index in [-0.39, 0.29) is 0 Å². The Balaban J connectivity index is 2.38. The van der Waals surface area contributed by atoms with Gasteiger partial charge in [-0.3, -0.25) is 0 Å². The second-order valence-corrected chi connectivity index (χ2v) is 14.6. The fourth-order valence-corrected chi connectivity index (χ4v) is 7.29. The predicted molar refractivity (Wildman–Crippen MR) is 175 cm³/mol. The number of unbranched alkanes of at least 4 members (excludes halogenated alkanes) is 16. The highest BCUT2D eigenvalue weighted by Crippen LogP contribution is 2.47. The predicted octanol–water partition coefficient (Wildman–Crippen LogP) is 12.5. The van der Waals surface area contributed by atoms with Gasteiger partial charge in [0.05, 0.1) is 6.61 Å². The molecular formula is C37H73NO. The molecule has 1 fully saturated rings. The van der Waals surface area contributed by atoms with E-state index in [1.54, 1.807) is 0 Å². The average molecular weight is 548 g/mol. The molecule has 1 aliphatic carbocycles. The molecule has 0 amide bonds. The fourth-order valence-electron chi connectivity index (χ4n) is 7.29. The number of nitrogens with one attached hydrogen (secondary N) is 1. The first-order chi connectivity index (χ1) is 18.7. The summed E-state index contributed by atoms with van der Waals surface area (Å²) in [7, 11) is 0. The lowest BCUT2D eigenvalue weighted by atomic mass is 9.62. The minimum absolute atomic E-state index is 0.384. The maximum atomic E-state index is 6.34. The van der Waals surface area contributed by atoms with Crippen molar-refractivity contribution in [1.82, 2.24) is 5.32 Å². The quantitative estimate of drug-likeness (QED) is 0.0858. The molecular weight excluding hydrogens is 474 g/mol. The molecule has 0 aromatic carbocycles. The van der Waals surface area contributed by atoms with Crippen molar-refractivity contribution >= 4 is 0 Å². The Bertz CT molecular complexity index is 584. The summed E-state index contributed by atoms with van der Waals surface area (Å²) in [4.78, 5) is 0. The molecule has 3 unspecified atom stereocenters. The van der Waals surface area contributed by atoms with Crippen LogP contribution in [0.25, 0.3) is 0 Å². The van der Waals surface area contributed by atoms with E-state index in [0.29, 0.717) is 22.8 Å². The van der Waals surface area contributed by atoms with Crippen LogP contribution in [0.1, 0.15) is 196 Å². The lowest BCUT2D eigenvalue weighted by Crippen LogP contribution is -2.44. The van der Waals surface area contributed by atoms with Crippen molar-refractivity contribution in [1.29, 1.82) is 0 Å². The zero-order chi connectivity index (χ0) is 28.8. The first-order valence-corrected chi connectivity index (χ1v) is 17.8. The minimum atomic E-state index is 0.384. The second kappa shape index (κ2) is 22.0. The molecule has 232 valence electrons. The van der Waals surface area contributed by atoms with Gasteiger partial charge < -0.3 is 10.1 Å². The Morgan fingerprint density at radius 3 is 1.56 bits per heavy atom. The topological polar surface area (TPSA) is 21.3 Å². The molecule has 3 atom stereocenters. The van der Waals surface area contributed by atoms with Crippen LogP contribution in [0.15, 0.2) is 12.5 Å². The number of hydrogen-bond acceptors (Lipinski definition) is 2. The van der Waals surface area contributed by atoms with Gasteiger partial charge in [-0.1, -0.05) is 164 Å². The fraction of sp³-hybridized carbons (Fsp3) is 0.946. The van der Waals surface area contributed by atoms with Gasteiger partial charge in [-0.15, -0.1) is 0 Å². The lowest BCUT2D eigenvalue weighted by Gasteiger charge is -2.47. The molecule has 0 aliphatic heterocycles. The first-order valence-electron chi connectivity index (χ1n) is 17.8. The van der Waals surface area contributed by atoms with E-state index in [9.17, 15) is 0 Å². The number of ether oxygens (including phenoxy) is 1. The van der Waals surface area contributed by atoms with Crippen LogP contribution in [-0.2, 0) is 4.74 Å². The van der Waals surface area contributed by atoms with Gasteiger partial charge in [0.1, 0.15) is 0 Å². The van der Waals surface area contributed by atoms with Gasteiger partial charge in [-0.25, -0.2) is 0 Å². The van der Waals surface area contributed by atoms with Gasteiger partial charge in [-0.05, 0) is 55.4 Å². The summed E-state index contributed by atoms with van der Waals surface area (Å²) >= 11 is 0. The summed E-state index contributed by atoms with van der Waals surface area (Å²) in [6.45, 7) is 19.5. The summed E-state index contributed by atoms with van der Waals surface area (Å²) in [5, 5.41) is 3.71. The lowest BCUT2D eigenvalue weighted by molar-refractivity contribution is 0.0571. The summed E-state index contributed by atoms with van der Waals surface area (Å²) < 4.78 is 6.34. The van der Waals surface area contributed by atoms with E-state index in [0.717, 1.165) is 12.5 Å². The third-order valence-corrected chi connectivity index (χ3v) is 9.59. The number of rotatable bonds is 26. The van der Waals surface area contributed by atoms with E-state index in [1.165, 1.54) is 154 Å². The highest BCUT2D eigenvalue weighted by molar-refractivity contribution is 4.97. The van der Waals surface area contributed by atoms with Crippen molar-refractivity contribution in [2.45, 2.75) is 202 Å². The molecule has 1 rings (SSSR count). The summed E-state index contributed by atoms with van der Waals surface area (Å²) in [6, 6.07) is 0.485. The third kappa shape index (κ3) is 19.2. The molecule has 39 heavy (non-hydrogen) atoms. The van der Waals surface area contributed by atoms with Gasteiger partial charge in [0, 0.05) is 6.04 Å². The van der Waals surface area contributed by atoms with Crippen molar-refractivity contribution in [3.05, 3.63) is 12.5 Å². The molecule has 0 spiro atoms. The molecule has 1 saturated carbocycles. The largest absolute Gasteiger partial charge is 0.479 e. The summed E-state index contributed by atoms with van der Waals surface area (Å²) in [6.07, 6.45) is 33.0. The van der Waals surface area contributed by atoms with Crippen molar-refractivity contribution < 1.29 is 4.74 Å². The summed E-state index contributed by atoms with van der Waals surface area (Å²) in [5.41, 5.74) is 0.809. The second-order valence-electron chi connectivity index (χ2n) is 14.6. The van der Waals surface area contributed by atoms with Crippen LogP contribution in [0, 0.1) is 16.7 Å². The molecule has 0 aromatic rings. The van der Waals surface area contributed by atoms with Gasteiger partial charge in [0.25, 0.3) is 0 Å². The molecule has 0 aromatic heterocycles. The minimum Gasteiger partial charge on any atom is -0.479 e. The van der Waals surface area contributed by atoms with Crippen LogP contribution in [0.3, 0.4) is 0 Å². The summed E-state index contributed by atoms with van der Waals surface area (Å²) in [5.74, 6) is 1.50. The zero-order valence-electron chi connectivity index (χ0n) is 27.9. The maximum absolute atomic E-state index is 6.34. The molecule has 1 aliphatic rings. The SMILES string of the molecule is C=C(NC1CC(C)(C)CC(C)(CC)C1)OCC(CCCCCCCCCC)CCCCCCCCCCCC. The average Bonchev–Trinajstić information content (AvgIpc) is 2.88. The Kier molecular flexibility index (Phi) is 20.5. The highest BCUT2D eigenvalue weighted by atomic mass is 16.5. The van der Waals surface area contributed by atoms with Crippen LogP contribution >= 0.6 is 0 Å². The normalized spacial score (nSPS) is 21.5. The van der Waals surface area contributed by atoms with E-state index in [4.69, 9.17) is 4.74 Å². The monoisotopic (exact) mass is 548 g/mol. The van der Waals surface area contributed by atoms with Crippen LogP contribution < -0.4 is 5.32 Å². The van der Waals surface area contributed by atoms with Crippen molar-refractivity contribution in [3.8, 4) is 0 Å². The van der Waals surface area contributed by atoms with Gasteiger partial charge in [0.2, 0.25) is 0 Å². The van der Waals surface area contributed by atoms with Crippen molar-refractivity contribution in [3.63, 3.8) is 0 Å². The molecule has 0 bridgehead atoms. The van der Waals surface area contributed by atoms with E-state index in [1.807, 2.05) is 0 Å². The van der Waals surface area contributed by atoms with Gasteiger partial charge >= 0.3 is 0 Å². The molecule has 2 heteroatoms. The van der Waals surface area contributed by atoms with Crippen LogP contribution in [0.4, 0.5) is 0 Å². The number of hydrogen-bond donors (Lipinski definition) is 1. The van der Waals surface area contributed by atoms with Gasteiger partial charge in [0.15, 0.2) is 5.88 Å². The van der Waals surface area contributed by atoms with E-state index in [2.05, 4.69) is 53.4 Å². The van der Waals surface area contributed by atoms with Crippen molar-refractivity contribution in [2.24, 2.45) is 16.7 Å². The van der Waals surface area contributed by atoms with Crippen LogP contribution in [0.2, 0.25) is 0 Å². The van der Waals surface area contributed by atoms with Crippen LogP contribution in [0.5, 0.6) is 0 Å². The Morgan fingerprint density at radius 1 is 0.692 bits per heavy atom. The zero-order valence-corrected chi connectivity index (χ0v) is 27.9. The smallest absolute Gasteiger partial charge is 0.179 e. The molecule has 1 N–H and O–H groups in total. The third-order valence-electron chi connectivity index (χ3n) is 9.59. The van der Waals surface area contributed by atoms with Crippen LogP contribution in [-0.4, -0.2) is 12.6 Å². The molecule has 2 nitrogen and oxygen atoms in total. The first kappa shape index (κ1) is 36.4. The Hall–Kier alpha value is -0.660. The highest BCUT2D eigenvalue weighted by Gasteiger charge is 2.40. The Morgan fingerprint density at radius 2 is 1.13 bits per heavy atom. The van der Waals surface area contributed by atoms with E-state index >= 15 is 0 Å². The van der Waals surface area contributed by atoms with E-state index < -0.39 is 0 Å². The van der Waals surface area contributed by atoms with Gasteiger partial charge in [-0.2, -0.15) is 0 Å². The standard InChI is InChI=1S/C37H73NO/c1-8-11-13-15-17-19-20-22-24-26-28-34(27-25-23-21-18-16-14-12-9-2)31-39-33(4)38-35-29-36(5,6)32-37(7,10-3)30-35/h34-35,38H,4,8-32H2,1-3,5-7H3. The molecule has 0 radical (unpaired) electrons. The molecule has 0 saturated heterocycles. The molecule has 0 heterocycles. The maximum Gasteiger partial charge on any atom is 0.179 e. The Labute approximate surface area is 247 Å². The van der Waals surface area contributed by atoms with Crippen molar-refractivity contribution in [2.75, 3.05) is 6.61 Å².